The van der Waals surface area contributed by atoms with Crippen molar-refractivity contribution >= 4 is 17.7 Å². The lowest BCUT2D eigenvalue weighted by atomic mass is 9.97. The van der Waals surface area contributed by atoms with Crippen LogP contribution >= 0.6 is 11.8 Å². The molecule has 9 heteroatoms. The third-order valence-electron chi connectivity index (χ3n) is 2.29. The van der Waals surface area contributed by atoms with Gasteiger partial charge >= 0.3 is 11.9 Å². The van der Waals surface area contributed by atoms with Gasteiger partial charge in [0.15, 0.2) is 5.82 Å². The number of hydrogen-bond acceptors (Lipinski definition) is 9. The summed E-state index contributed by atoms with van der Waals surface area (Å²) < 4.78 is 15.1. The standard InChI is InChI=1S/C12H16N4O4S/c1-5-18-9(17)8-14-15-11(19-8)21-6-7-13-10(20-16-7)12(2,3)4/h5-6H2,1-4H3. The van der Waals surface area contributed by atoms with Crippen LogP contribution in [0.4, 0.5) is 0 Å². The molecule has 0 spiro atoms. The molecule has 0 aliphatic rings. The van der Waals surface area contributed by atoms with Gasteiger partial charge in [-0.15, -0.1) is 5.10 Å². The van der Waals surface area contributed by atoms with Gasteiger partial charge in [-0.25, -0.2) is 4.79 Å². The molecule has 0 unspecified atom stereocenters. The smallest absolute Gasteiger partial charge is 0.396 e. The molecule has 0 aliphatic heterocycles. The zero-order chi connectivity index (χ0) is 15.5. The van der Waals surface area contributed by atoms with E-state index in [1.54, 1.807) is 6.92 Å². The number of esters is 1. The monoisotopic (exact) mass is 312 g/mol. The molecular weight excluding hydrogens is 296 g/mol. The third-order valence-corrected chi connectivity index (χ3v) is 3.11. The van der Waals surface area contributed by atoms with Gasteiger partial charge in [-0.05, 0) is 6.92 Å². The van der Waals surface area contributed by atoms with Crippen molar-refractivity contribution in [1.29, 1.82) is 0 Å². The fourth-order valence-electron chi connectivity index (χ4n) is 1.29. The molecule has 2 rings (SSSR count). The van der Waals surface area contributed by atoms with E-state index in [4.69, 9.17) is 13.7 Å². The van der Waals surface area contributed by atoms with Crippen molar-refractivity contribution in [2.24, 2.45) is 0 Å². The van der Waals surface area contributed by atoms with Gasteiger partial charge in [0, 0.05) is 5.41 Å². The van der Waals surface area contributed by atoms with Gasteiger partial charge in [-0.1, -0.05) is 42.8 Å². The summed E-state index contributed by atoms with van der Waals surface area (Å²) in [5.74, 6) is 0.704. The minimum Gasteiger partial charge on any atom is -0.459 e. The number of aromatic nitrogens is 4. The zero-order valence-electron chi connectivity index (χ0n) is 12.2. The molecule has 21 heavy (non-hydrogen) atoms. The van der Waals surface area contributed by atoms with E-state index in [0.29, 0.717) is 17.5 Å². The fraction of sp³-hybridized carbons (Fsp3) is 0.583. The molecule has 8 nitrogen and oxygen atoms in total. The summed E-state index contributed by atoms with van der Waals surface area (Å²) in [4.78, 5) is 15.7. The van der Waals surface area contributed by atoms with Crippen molar-refractivity contribution in [3.63, 3.8) is 0 Å². The molecule has 0 aliphatic carbocycles. The van der Waals surface area contributed by atoms with Crippen molar-refractivity contribution in [1.82, 2.24) is 20.3 Å². The van der Waals surface area contributed by atoms with Crippen LogP contribution in [0.1, 0.15) is 50.1 Å². The van der Waals surface area contributed by atoms with E-state index in [-0.39, 0.29) is 23.1 Å². The molecule has 0 N–H and O–H groups in total. The minimum absolute atomic E-state index is 0.164. The summed E-state index contributed by atoms with van der Waals surface area (Å²) in [6, 6.07) is 0. The van der Waals surface area contributed by atoms with E-state index in [9.17, 15) is 4.79 Å². The maximum Gasteiger partial charge on any atom is 0.396 e. The Morgan fingerprint density at radius 3 is 2.71 bits per heavy atom. The predicted octanol–water partition coefficient (Wildman–Crippen LogP) is 2.22. The fourth-order valence-corrected chi connectivity index (χ4v) is 1.89. The quantitative estimate of drug-likeness (QED) is 0.607. The summed E-state index contributed by atoms with van der Waals surface area (Å²) in [6.07, 6.45) is 0. The largest absolute Gasteiger partial charge is 0.459 e. The molecule has 0 saturated carbocycles. The highest BCUT2D eigenvalue weighted by Crippen LogP contribution is 2.23. The molecule has 2 aromatic rings. The number of thioether (sulfide) groups is 1. The molecule has 0 amide bonds. The highest BCUT2D eigenvalue weighted by molar-refractivity contribution is 7.98. The maximum absolute atomic E-state index is 11.4. The Balaban J connectivity index is 1.94. The second kappa shape index (κ2) is 6.25. The molecule has 0 radical (unpaired) electrons. The SMILES string of the molecule is CCOC(=O)c1nnc(SCc2noc(C(C)(C)C)n2)o1. The van der Waals surface area contributed by atoms with Crippen molar-refractivity contribution in [3.05, 3.63) is 17.6 Å². The Morgan fingerprint density at radius 1 is 1.33 bits per heavy atom. The Morgan fingerprint density at radius 2 is 2.10 bits per heavy atom. The Bertz CT molecular complexity index is 617. The van der Waals surface area contributed by atoms with Crippen LogP contribution in [0.25, 0.3) is 0 Å². The topological polar surface area (TPSA) is 104 Å². The van der Waals surface area contributed by atoms with Crippen LogP contribution in [0.2, 0.25) is 0 Å². The molecule has 0 saturated heterocycles. The predicted molar refractivity (Wildman–Crippen MR) is 72.8 cm³/mol. The summed E-state index contributed by atoms with van der Waals surface area (Å²) >= 11 is 1.22. The van der Waals surface area contributed by atoms with Gasteiger partial charge in [0.1, 0.15) is 0 Å². The van der Waals surface area contributed by atoms with Crippen molar-refractivity contribution < 1.29 is 18.5 Å². The van der Waals surface area contributed by atoms with Crippen LogP contribution in [0.15, 0.2) is 14.2 Å². The summed E-state index contributed by atoms with van der Waals surface area (Å²) in [6.45, 7) is 7.91. The van der Waals surface area contributed by atoms with Crippen LogP contribution in [0.5, 0.6) is 0 Å². The van der Waals surface area contributed by atoms with Gasteiger partial charge in [0.05, 0.1) is 12.4 Å². The van der Waals surface area contributed by atoms with Gasteiger partial charge in [-0.3, -0.25) is 0 Å². The van der Waals surface area contributed by atoms with Crippen LogP contribution < -0.4 is 0 Å². The van der Waals surface area contributed by atoms with Crippen molar-refractivity contribution in [2.45, 2.75) is 44.1 Å². The van der Waals surface area contributed by atoms with E-state index in [2.05, 4.69) is 20.3 Å². The van der Waals surface area contributed by atoms with Gasteiger partial charge in [0.25, 0.3) is 5.22 Å². The second-order valence-electron chi connectivity index (χ2n) is 5.15. The molecule has 0 atom stereocenters. The molecule has 0 aromatic carbocycles. The normalized spacial score (nSPS) is 11.6. The first-order valence-electron chi connectivity index (χ1n) is 6.36. The number of carbonyl (C=O) groups excluding carboxylic acids is 1. The second-order valence-corrected chi connectivity index (χ2v) is 6.07. The highest BCUT2D eigenvalue weighted by Gasteiger charge is 2.22. The lowest BCUT2D eigenvalue weighted by Crippen LogP contribution is -2.11. The Hall–Kier alpha value is -1.90. The molecule has 2 heterocycles. The first kappa shape index (κ1) is 15.5. The highest BCUT2D eigenvalue weighted by atomic mass is 32.2. The van der Waals surface area contributed by atoms with Gasteiger partial charge in [-0.2, -0.15) is 4.98 Å². The first-order valence-corrected chi connectivity index (χ1v) is 7.35. The van der Waals surface area contributed by atoms with E-state index in [1.807, 2.05) is 20.8 Å². The van der Waals surface area contributed by atoms with Gasteiger partial charge < -0.3 is 13.7 Å². The van der Waals surface area contributed by atoms with E-state index in [1.165, 1.54) is 11.8 Å². The van der Waals surface area contributed by atoms with Crippen LogP contribution in [-0.4, -0.2) is 32.9 Å². The van der Waals surface area contributed by atoms with Crippen molar-refractivity contribution in [3.8, 4) is 0 Å². The van der Waals surface area contributed by atoms with E-state index in [0.717, 1.165) is 0 Å². The van der Waals surface area contributed by atoms with Crippen molar-refractivity contribution in [2.75, 3.05) is 6.61 Å². The summed E-state index contributed by atoms with van der Waals surface area (Å²) in [7, 11) is 0. The summed E-state index contributed by atoms with van der Waals surface area (Å²) in [5.41, 5.74) is -0.197. The molecule has 2 aromatic heterocycles. The lowest BCUT2D eigenvalue weighted by molar-refractivity contribution is 0.0475. The lowest BCUT2D eigenvalue weighted by Gasteiger charge is -2.10. The van der Waals surface area contributed by atoms with E-state index >= 15 is 0 Å². The third kappa shape index (κ3) is 4.03. The average Bonchev–Trinajstić information content (AvgIpc) is 3.05. The van der Waals surface area contributed by atoms with E-state index < -0.39 is 5.97 Å². The molecule has 0 fully saturated rings. The first-order chi connectivity index (χ1) is 9.90. The molecule has 0 bridgehead atoms. The zero-order valence-corrected chi connectivity index (χ0v) is 13.1. The van der Waals surface area contributed by atoms with Gasteiger partial charge in [0.2, 0.25) is 5.89 Å². The molecule has 114 valence electrons. The maximum atomic E-state index is 11.4. The van der Waals surface area contributed by atoms with Crippen LogP contribution in [0, 0.1) is 0 Å². The Kier molecular flexibility index (Phi) is 4.61. The number of carbonyl (C=O) groups is 1. The van der Waals surface area contributed by atoms with Crippen LogP contribution in [0.3, 0.4) is 0 Å². The Labute approximate surface area is 125 Å². The summed E-state index contributed by atoms with van der Waals surface area (Å²) in [5, 5.41) is 11.5. The molecular formula is C12H16N4O4S. The van der Waals surface area contributed by atoms with Crippen LogP contribution in [-0.2, 0) is 15.9 Å². The number of nitrogens with zero attached hydrogens (tertiary/aromatic N) is 4. The number of hydrogen-bond donors (Lipinski definition) is 0. The number of ether oxygens (including phenoxy) is 1. The minimum atomic E-state index is -0.633. The number of rotatable bonds is 5. The average molecular weight is 312 g/mol.